The van der Waals surface area contributed by atoms with E-state index in [0.29, 0.717) is 12.5 Å². The molecule has 2 heterocycles. The molecule has 1 saturated heterocycles. The predicted molar refractivity (Wildman–Crippen MR) is 78.9 cm³/mol. The van der Waals surface area contributed by atoms with E-state index in [1.807, 2.05) is 24.3 Å². The molecule has 3 rings (SSSR count). The molecule has 1 aliphatic heterocycles. The van der Waals surface area contributed by atoms with Gasteiger partial charge in [-0.3, -0.25) is 0 Å². The van der Waals surface area contributed by atoms with Crippen molar-refractivity contribution in [1.29, 1.82) is 0 Å². The molecule has 6 nitrogen and oxygen atoms in total. The molecule has 0 aliphatic carbocycles. The number of nitrogens with zero attached hydrogens (tertiary/aromatic N) is 4. The lowest BCUT2D eigenvalue weighted by Crippen LogP contribution is -2.33. The molecule has 1 fully saturated rings. The summed E-state index contributed by atoms with van der Waals surface area (Å²) in [6.45, 7) is 2.68. The van der Waals surface area contributed by atoms with Gasteiger partial charge in [0, 0.05) is 4.47 Å². The zero-order valence-corrected chi connectivity index (χ0v) is 12.6. The molecule has 0 spiro atoms. The molecule has 1 aliphatic rings. The van der Waals surface area contributed by atoms with E-state index in [2.05, 4.69) is 31.7 Å². The maximum absolute atomic E-state index is 12.3. The van der Waals surface area contributed by atoms with E-state index in [9.17, 15) is 4.79 Å². The molecular weight excluding hydrogens is 322 g/mol. The molecule has 1 aromatic heterocycles. The molecule has 7 heteroatoms. The third-order valence-corrected chi connectivity index (χ3v) is 4.13. The third kappa shape index (κ3) is 2.83. The number of rotatable bonds is 3. The van der Waals surface area contributed by atoms with Crippen LogP contribution in [0.5, 0.6) is 0 Å². The van der Waals surface area contributed by atoms with Crippen molar-refractivity contribution in [1.82, 2.24) is 25.1 Å². The Hall–Kier alpha value is -1.47. The lowest BCUT2D eigenvalue weighted by Gasteiger charge is -2.21. The van der Waals surface area contributed by atoms with Gasteiger partial charge in [0.15, 0.2) is 0 Å². The lowest BCUT2D eigenvalue weighted by atomic mass is 9.98. The van der Waals surface area contributed by atoms with Gasteiger partial charge in [0.25, 0.3) is 0 Å². The fourth-order valence-electron chi connectivity index (χ4n) is 2.44. The first-order chi connectivity index (χ1) is 9.74. The zero-order chi connectivity index (χ0) is 13.9. The quantitative estimate of drug-likeness (QED) is 0.913. The monoisotopic (exact) mass is 337 g/mol. The van der Waals surface area contributed by atoms with E-state index >= 15 is 0 Å². The van der Waals surface area contributed by atoms with Crippen LogP contribution in [0.1, 0.15) is 12.8 Å². The molecule has 0 atom stereocenters. The average molecular weight is 338 g/mol. The summed E-state index contributed by atoms with van der Waals surface area (Å²) in [4.78, 5) is 12.3. The fourth-order valence-corrected chi connectivity index (χ4v) is 2.71. The van der Waals surface area contributed by atoms with Gasteiger partial charge < -0.3 is 5.32 Å². The van der Waals surface area contributed by atoms with Crippen molar-refractivity contribution in [3.05, 3.63) is 39.2 Å². The molecule has 106 valence electrons. The molecule has 1 aromatic carbocycles. The van der Waals surface area contributed by atoms with Gasteiger partial charge in [-0.05, 0) is 66.5 Å². The standard InChI is InChI=1S/C13H16BrN5O/c14-11-1-3-12(4-2-11)19-13(20)18(16-17-19)9-10-5-7-15-8-6-10/h1-4,10,15H,5-9H2. The van der Waals surface area contributed by atoms with Crippen molar-refractivity contribution in [2.45, 2.75) is 19.4 Å². The second kappa shape index (κ2) is 5.88. The van der Waals surface area contributed by atoms with Gasteiger partial charge in [0.2, 0.25) is 0 Å². The van der Waals surface area contributed by atoms with Crippen molar-refractivity contribution >= 4 is 15.9 Å². The van der Waals surface area contributed by atoms with E-state index in [-0.39, 0.29) is 5.69 Å². The summed E-state index contributed by atoms with van der Waals surface area (Å²) < 4.78 is 3.78. The van der Waals surface area contributed by atoms with Gasteiger partial charge >= 0.3 is 5.69 Å². The summed E-state index contributed by atoms with van der Waals surface area (Å²) in [7, 11) is 0. The van der Waals surface area contributed by atoms with Crippen molar-refractivity contribution in [2.24, 2.45) is 5.92 Å². The molecule has 2 aromatic rings. The first-order valence-corrected chi connectivity index (χ1v) is 7.53. The van der Waals surface area contributed by atoms with Crippen LogP contribution in [0, 0.1) is 5.92 Å². The van der Waals surface area contributed by atoms with Gasteiger partial charge in [-0.1, -0.05) is 15.9 Å². The number of halogens is 1. The Morgan fingerprint density at radius 3 is 2.60 bits per heavy atom. The normalized spacial score (nSPS) is 16.4. The summed E-state index contributed by atoms with van der Waals surface area (Å²) in [6.07, 6.45) is 2.16. The van der Waals surface area contributed by atoms with Gasteiger partial charge in [0.1, 0.15) is 0 Å². The maximum atomic E-state index is 12.3. The fraction of sp³-hybridized carbons (Fsp3) is 0.462. The van der Waals surface area contributed by atoms with Gasteiger partial charge in [0.05, 0.1) is 12.2 Å². The number of piperidine rings is 1. The van der Waals surface area contributed by atoms with Crippen LogP contribution in [0.15, 0.2) is 33.5 Å². The van der Waals surface area contributed by atoms with Crippen molar-refractivity contribution < 1.29 is 0 Å². The van der Waals surface area contributed by atoms with Crippen LogP contribution in [-0.2, 0) is 6.54 Å². The number of nitrogens with one attached hydrogen (secondary N) is 1. The highest BCUT2D eigenvalue weighted by Gasteiger charge is 2.17. The van der Waals surface area contributed by atoms with E-state index in [4.69, 9.17) is 0 Å². The van der Waals surface area contributed by atoms with Gasteiger partial charge in [-0.25, -0.2) is 4.79 Å². The maximum Gasteiger partial charge on any atom is 0.368 e. The summed E-state index contributed by atoms with van der Waals surface area (Å²) in [5, 5.41) is 11.3. The molecule has 0 unspecified atom stereocenters. The molecule has 0 amide bonds. The van der Waals surface area contributed by atoms with Crippen LogP contribution in [0.25, 0.3) is 5.69 Å². The number of hydrogen-bond donors (Lipinski definition) is 1. The largest absolute Gasteiger partial charge is 0.368 e. The number of tetrazole rings is 1. The highest BCUT2D eigenvalue weighted by molar-refractivity contribution is 9.10. The topological polar surface area (TPSA) is 64.7 Å². The SMILES string of the molecule is O=c1n(CC2CCNCC2)nnn1-c1ccc(Br)cc1. The zero-order valence-electron chi connectivity index (χ0n) is 11.0. The van der Waals surface area contributed by atoms with Crippen LogP contribution in [0.4, 0.5) is 0 Å². The number of aromatic nitrogens is 4. The van der Waals surface area contributed by atoms with E-state index < -0.39 is 0 Å². The first kappa shape index (κ1) is 13.5. The summed E-state index contributed by atoms with van der Waals surface area (Å²) in [5.41, 5.74) is 0.556. The minimum atomic E-state index is -0.175. The Kier molecular flexibility index (Phi) is 3.98. The second-order valence-corrected chi connectivity index (χ2v) is 5.94. The highest BCUT2D eigenvalue weighted by atomic mass is 79.9. The van der Waals surface area contributed by atoms with Crippen LogP contribution in [0.3, 0.4) is 0 Å². The molecule has 0 saturated carbocycles. The van der Waals surface area contributed by atoms with E-state index in [0.717, 1.165) is 36.1 Å². The van der Waals surface area contributed by atoms with Gasteiger partial charge in [-0.2, -0.15) is 9.36 Å². The van der Waals surface area contributed by atoms with Crippen molar-refractivity contribution in [3.8, 4) is 5.69 Å². The molecule has 0 bridgehead atoms. The lowest BCUT2D eigenvalue weighted by molar-refractivity contribution is 0.315. The minimum Gasteiger partial charge on any atom is -0.317 e. The Bertz CT molecular complexity index is 627. The smallest absolute Gasteiger partial charge is 0.317 e. The first-order valence-electron chi connectivity index (χ1n) is 6.73. The third-order valence-electron chi connectivity index (χ3n) is 3.60. The Balaban J connectivity index is 1.81. The molecule has 0 radical (unpaired) electrons. The van der Waals surface area contributed by atoms with Crippen molar-refractivity contribution in [3.63, 3.8) is 0 Å². The minimum absolute atomic E-state index is 0.175. The van der Waals surface area contributed by atoms with Crippen LogP contribution < -0.4 is 11.0 Å². The van der Waals surface area contributed by atoms with E-state index in [1.54, 1.807) is 0 Å². The molecular formula is C13H16BrN5O. The average Bonchev–Trinajstić information content (AvgIpc) is 2.83. The van der Waals surface area contributed by atoms with E-state index in [1.165, 1.54) is 9.36 Å². The Morgan fingerprint density at radius 2 is 1.90 bits per heavy atom. The molecule has 20 heavy (non-hydrogen) atoms. The summed E-state index contributed by atoms with van der Waals surface area (Å²) in [6, 6.07) is 7.45. The summed E-state index contributed by atoms with van der Waals surface area (Å²) in [5.74, 6) is 0.504. The molecule has 1 N–H and O–H groups in total. The highest BCUT2D eigenvalue weighted by Crippen LogP contribution is 2.14. The van der Waals surface area contributed by atoms with Gasteiger partial charge in [-0.15, -0.1) is 0 Å². The number of hydrogen-bond acceptors (Lipinski definition) is 4. The predicted octanol–water partition coefficient (Wildman–Crippen LogP) is 1.19. The van der Waals surface area contributed by atoms with Crippen molar-refractivity contribution in [2.75, 3.05) is 13.1 Å². The van der Waals surface area contributed by atoms with Crippen LogP contribution in [-0.4, -0.2) is 32.9 Å². The van der Waals surface area contributed by atoms with Crippen LogP contribution in [0.2, 0.25) is 0 Å². The Labute approximate surface area is 124 Å². The summed E-state index contributed by atoms with van der Waals surface area (Å²) >= 11 is 3.37. The second-order valence-electron chi connectivity index (χ2n) is 5.03. The van der Waals surface area contributed by atoms with Crippen LogP contribution >= 0.6 is 15.9 Å². The Morgan fingerprint density at radius 1 is 1.20 bits per heavy atom. The number of benzene rings is 1.